The van der Waals surface area contributed by atoms with Crippen molar-refractivity contribution < 1.29 is 4.92 Å². The third kappa shape index (κ3) is 1.62. The lowest BCUT2D eigenvalue weighted by molar-refractivity contribution is -0.384. The van der Waals surface area contributed by atoms with Gasteiger partial charge in [0.05, 0.1) is 17.2 Å². The molecule has 0 aliphatic carbocycles. The number of anilines is 1. The van der Waals surface area contributed by atoms with Crippen LogP contribution in [0.3, 0.4) is 0 Å². The molecule has 0 aliphatic rings. The van der Waals surface area contributed by atoms with Crippen molar-refractivity contribution in [3.05, 3.63) is 27.5 Å². The van der Waals surface area contributed by atoms with Crippen molar-refractivity contribution in [3.63, 3.8) is 0 Å². The number of aromatic nitrogens is 1. The summed E-state index contributed by atoms with van der Waals surface area (Å²) in [7, 11) is 1.58. The van der Waals surface area contributed by atoms with E-state index in [0.29, 0.717) is 5.69 Å². The molecule has 0 spiro atoms. The van der Waals surface area contributed by atoms with Crippen LogP contribution in [-0.4, -0.2) is 17.0 Å². The van der Waals surface area contributed by atoms with Crippen molar-refractivity contribution in [2.75, 3.05) is 12.4 Å². The lowest BCUT2D eigenvalue weighted by Crippen LogP contribution is -1.97. The molecule has 0 unspecified atom stereocenters. The zero-order valence-corrected chi connectivity index (χ0v) is 7.00. The number of rotatable bonds is 2. The predicted molar refractivity (Wildman–Crippen MR) is 45.4 cm³/mol. The van der Waals surface area contributed by atoms with Gasteiger partial charge in [-0.1, -0.05) is 11.6 Å². The van der Waals surface area contributed by atoms with Gasteiger partial charge in [0.2, 0.25) is 0 Å². The van der Waals surface area contributed by atoms with Gasteiger partial charge in [-0.2, -0.15) is 0 Å². The topological polar surface area (TPSA) is 68.1 Å². The van der Waals surface area contributed by atoms with Crippen LogP contribution in [-0.2, 0) is 0 Å². The third-order valence-electron chi connectivity index (χ3n) is 1.31. The minimum Gasteiger partial charge on any atom is -0.381 e. The van der Waals surface area contributed by atoms with Gasteiger partial charge in [-0.05, 0) is 0 Å². The van der Waals surface area contributed by atoms with E-state index < -0.39 is 4.92 Å². The summed E-state index contributed by atoms with van der Waals surface area (Å²) in [6, 6.07) is 1.20. The van der Waals surface area contributed by atoms with Gasteiger partial charge in [0, 0.05) is 7.05 Å². The molecule has 1 rings (SSSR count). The normalized spacial score (nSPS) is 9.50. The molecule has 0 atom stereocenters. The van der Waals surface area contributed by atoms with Crippen molar-refractivity contribution in [2.45, 2.75) is 0 Å². The molecule has 5 nitrogen and oxygen atoms in total. The second-order valence-corrected chi connectivity index (χ2v) is 2.42. The molecule has 0 fully saturated rings. The number of pyridine rings is 1. The molecular weight excluding hydrogens is 182 g/mol. The summed E-state index contributed by atoms with van der Waals surface area (Å²) in [5.74, 6) is 0. The van der Waals surface area contributed by atoms with Crippen molar-refractivity contribution in [1.82, 2.24) is 4.98 Å². The maximum absolute atomic E-state index is 10.4. The van der Waals surface area contributed by atoms with Crippen molar-refractivity contribution in [3.8, 4) is 0 Å². The van der Waals surface area contributed by atoms with Gasteiger partial charge in [0.15, 0.2) is 0 Å². The maximum atomic E-state index is 10.4. The lowest BCUT2D eigenvalue weighted by atomic mass is 10.3. The maximum Gasteiger partial charge on any atom is 0.296 e. The molecule has 6 heteroatoms. The molecule has 0 saturated carbocycles. The molecule has 1 heterocycles. The van der Waals surface area contributed by atoms with E-state index in [4.69, 9.17) is 11.6 Å². The standard InChI is InChI=1S/C6H6ClN3O2/c1-8-4-3-9-6(7)2-5(4)10(11)12/h2-3,8H,1H3. The van der Waals surface area contributed by atoms with E-state index in [1.807, 2.05) is 0 Å². The number of hydrogen-bond donors (Lipinski definition) is 1. The Bertz CT molecular complexity index is 316. The highest BCUT2D eigenvalue weighted by molar-refractivity contribution is 6.29. The minimum absolute atomic E-state index is 0.0718. The van der Waals surface area contributed by atoms with E-state index in [1.165, 1.54) is 12.3 Å². The van der Waals surface area contributed by atoms with Gasteiger partial charge in [-0.25, -0.2) is 4.98 Å². The number of nitrogens with one attached hydrogen (secondary N) is 1. The first-order valence-electron chi connectivity index (χ1n) is 3.13. The van der Waals surface area contributed by atoms with Gasteiger partial charge >= 0.3 is 0 Å². The van der Waals surface area contributed by atoms with Crippen LogP contribution in [0.15, 0.2) is 12.3 Å². The van der Waals surface area contributed by atoms with Crippen LogP contribution in [0.25, 0.3) is 0 Å². The summed E-state index contributed by atoms with van der Waals surface area (Å²) in [4.78, 5) is 13.6. The summed E-state index contributed by atoms with van der Waals surface area (Å²) in [6.45, 7) is 0. The number of halogens is 1. The molecule has 0 radical (unpaired) electrons. The summed E-state index contributed by atoms with van der Waals surface area (Å²) < 4.78 is 0. The monoisotopic (exact) mass is 187 g/mol. The fourth-order valence-electron chi connectivity index (χ4n) is 0.764. The Morgan fingerprint density at radius 3 is 2.92 bits per heavy atom. The van der Waals surface area contributed by atoms with E-state index in [1.54, 1.807) is 7.05 Å². The molecule has 0 saturated heterocycles. The second kappa shape index (κ2) is 3.36. The number of hydrogen-bond acceptors (Lipinski definition) is 4. The van der Waals surface area contributed by atoms with Crippen LogP contribution in [0.2, 0.25) is 5.15 Å². The van der Waals surface area contributed by atoms with Gasteiger partial charge in [0.25, 0.3) is 5.69 Å². The van der Waals surface area contributed by atoms with Crippen LogP contribution in [0, 0.1) is 10.1 Å². The summed E-state index contributed by atoms with van der Waals surface area (Å²) in [5, 5.41) is 13.2. The summed E-state index contributed by atoms with van der Waals surface area (Å²) in [5.41, 5.74) is 0.280. The fraction of sp³-hybridized carbons (Fsp3) is 0.167. The quantitative estimate of drug-likeness (QED) is 0.435. The predicted octanol–water partition coefficient (Wildman–Crippen LogP) is 1.68. The van der Waals surface area contributed by atoms with Crippen LogP contribution in [0.5, 0.6) is 0 Å². The Morgan fingerprint density at radius 2 is 2.42 bits per heavy atom. The number of nitro groups is 1. The molecule has 1 aromatic heterocycles. The largest absolute Gasteiger partial charge is 0.381 e. The number of nitrogens with zero attached hydrogens (tertiary/aromatic N) is 2. The smallest absolute Gasteiger partial charge is 0.296 e. The highest BCUT2D eigenvalue weighted by Gasteiger charge is 2.13. The molecule has 0 amide bonds. The van der Waals surface area contributed by atoms with E-state index in [2.05, 4.69) is 10.3 Å². The Hall–Kier alpha value is -1.36. The highest BCUT2D eigenvalue weighted by Crippen LogP contribution is 2.24. The Balaban J connectivity index is 3.21. The van der Waals surface area contributed by atoms with Crippen LogP contribution in [0.4, 0.5) is 11.4 Å². The Labute approximate surface area is 73.5 Å². The van der Waals surface area contributed by atoms with Gasteiger partial charge in [-0.3, -0.25) is 10.1 Å². The Morgan fingerprint density at radius 1 is 1.75 bits per heavy atom. The summed E-state index contributed by atoms with van der Waals surface area (Å²) >= 11 is 5.47. The molecule has 1 aromatic rings. The van der Waals surface area contributed by atoms with Gasteiger partial charge in [0.1, 0.15) is 10.8 Å². The van der Waals surface area contributed by atoms with Crippen LogP contribution in [0.1, 0.15) is 0 Å². The second-order valence-electron chi connectivity index (χ2n) is 2.03. The molecule has 64 valence electrons. The van der Waals surface area contributed by atoms with E-state index in [-0.39, 0.29) is 10.8 Å². The van der Waals surface area contributed by atoms with Crippen LogP contribution >= 0.6 is 11.6 Å². The minimum atomic E-state index is -0.514. The van der Waals surface area contributed by atoms with Gasteiger partial charge in [-0.15, -0.1) is 0 Å². The first-order chi connectivity index (χ1) is 5.65. The zero-order chi connectivity index (χ0) is 9.14. The molecule has 1 N–H and O–H groups in total. The molecule has 12 heavy (non-hydrogen) atoms. The first kappa shape index (κ1) is 8.73. The molecule has 0 bridgehead atoms. The first-order valence-corrected chi connectivity index (χ1v) is 3.50. The Kier molecular flexibility index (Phi) is 2.44. The summed E-state index contributed by atoms with van der Waals surface area (Å²) in [6.07, 6.45) is 1.32. The van der Waals surface area contributed by atoms with E-state index in [0.717, 1.165) is 0 Å². The lowest BCUT2D eigenvalue weighted by Gasteiger charge is -1.99. The molecule has 0 aliphatic heterocycles. The highest BCUT2D eigenvalue weighted by atomic mass is 35.5. The van der Waals surface area contributed by atoms with Crippen molar-refractivity contribution in [1.29, 1.82) is 0 Å². The fourth-order valence-corrected chi connectivity index (χ4v) is 0.916. The third-order valence-corrected chi connectivity index (χ3v) is 1.52. The SMILES string of the molecule is CNc1cnc(Cl)cc1[N+](=O)[O-]. The zero-order valence-electron chi connectivity index (χ0n) is 6.24. The van der Waals surface area contributed by atoms with E-state index in [9.17, 15) is 10.1 Å². The van der Waals surface area contributed by atoms with Crippen molar-refractivity contribution in [2.24, 2.45) is 0 Å². The average molecular weight is 188 g/mol. The average Bonchev–Trinajstić information content (AvgIpc) is 2.04. The molecule has 0 aromatic carbocycles. The van der Waals surface area contributed by atoms with Crippen LogP contribution < -0.4 is 5.32 Å². The van der Waals surface area contributed by atoms with Crippen molar-refractivity contribution >= 4 is 23.0 Å². The van der Waals surface area contributed by atoms with Gasteiger partial charge < -0.3 is 5.32 Å². The van der Waals surface area contributed by atoms with E-state index >= 15 is 0 Å². The molecular formula is C6H6ClN3O2.